The summed E-state index contributed by atoms with van der Waals surface area (Å²) in [6.07, 6.45) is -0.189. The third-order valence-corrected chi connectivity index (χ3v) is 3.44. The highest BCUT2D eigenvalue weighted by molar-refractivity contribution is 5.59. The van der Waals surface area contributed by atoms with Crippen LogP contribution in [0.25, 0.3) is 0 Å². The van der Waals surface area contributed by atoms with Crippen LogP contribution < -0.4 is 0 Å². The van der Waals surface area contributed by atoms with Gasteiger partial charge in [0.15, 0.2) is 0 Å². The molecule has 0 bridgehead atoms. The second-order valence-electron chi connectivity index (χ2n) is 7.10. The molecule has 2 N–H and O–H groups in total. The topological polar surface area (TPSA) is 97.7 Å². The maximum Gasteiger partial charge on any atom is 0.508 e. The van der Waals surface area contributed by atoms with Crippen molar-refractivity contribution in [1.82, 2.24) is 4.90 Å². The second-order valence-corrected chi connectivity index (χ2v) is 7.10. The Hall–Kier alpha value is -0.930. The van der Waals surface area contributed by atoms with Crippen molar-refractivity contribution in [3.63, 3.8) is 0 Å². The van der Waals surface area contributed by atoms with Gasteiger partial charge >= 0.3 is 6.16 Å². The fourth-order valence-electron chi connectivity index (χ4n) is 2.16. The summed E-state index contributed by atoms with van der Waals surface area (Å²) in [4.78, 5) is 13.4. The van der Waals surface area contributed by atoms with Gasteiger partial charge in [-0.2, -0.15) is 0 Å². The minimum atomic E-state index is -0.758. The first-order valence-electron chi connectivity index (χ1n) is 9.24. The number of aliphatic hydroxyl groups excluding tert-OH is 2. The molecule has 0 aromatic carbocycles. The number of ether oxygens (including phenoxy) is 4. The number of hydrogen-bond acceptors (Lipinski definition) is 8. The molecule has 0 aliphatic heterocycles. The molecule has 26 heavy (non-hydrogen) atoms. The van der Waals surface area contributed by atoms with E-state index in [9.17, 15) is 4.79 Å². The lowest BCUT2D eigenvalue weighted by atomic mass is 10.1. The Morgan fingerprint density at radius 3 is 2.15 bits per heavy atom. The number of carbonyl (C=O) groups excluding carboxylic acids is 1. The lowest BCUT2D eigenvalue weighted by molar-refractivity contribution is -0.110. The van der Waals surface area contributed by atoms with Crippen molar-refractivity contribution in [2.75, 3.05) is 52.7 Å². The van der Waals surface area contributed by atoms with Gasteiger partial charge in [0, 0.05) is 19.6 Å². The second kappa shape index (κ2) is 14.2. The van der Waals surface area contributed by atoms with Crippen LogP contribution in [0.3, 0.4) is 0 Å². The molecule has 8 nitrogen and oxygen atoms in total. The molecule has 2 unspecified atom stereocenters. The summed E-state index contributed by atoms with van der Waals surface area (Å²) in [7, 11) is 0. The average molecular weight is 379 g/mol. The Labute approximate surface area is 157 Å². The smallest absolute Gasteiger partial charge is 0.433 e. The molecule has 0 spiro atoms. The molecule has 0 heterocycles. The van der Waals surface area contributed by atoms with Gasteiger partial charge in [0.2, 0.25) is 0 Å². The first kappa shape index (κ1) is 25.1. The van der Waals surface area contributed by atoms with Gasteiger partial charge in [0.1, 0.15) is 13.2 Å². The molecule has 2 atom stereocenters. The molecule has 0 amide bonds. The molecular weight excluding hydrogens is 342 g/mol. The third kappa shape index (κ3) is 14.3. The van der Waals surface area contributed by atoms with E-state index in [4.69, 9.17) is 29.2 Å². The summed E-state index contributed by atoms with van der Waals surface area (Å²) in [6.45, 7) is 11.7. The Morgan fingerprint density at radius 2 is 1.65 bits per heavy atom. The Kier molecular flexibility index (Phi) is 13.7. The standard InChI is InChI=1S/C18H37NO7/c1-6-16(26-18(3,4)5)14-24-15(2)13-25-17(22)23-12-9-19(7-10-20)8-11-21/h15-16,20-21H,6-14H2,1-5H3. The molecule has 0 aromatic rings. The van der Waals surface area contributed by atoms with Gasteiger partial charge in [-0.3, -0.25) is 4.90 Å². The van der Waals surface area contributed by atoms with E-state index in [2.05, 4.69) is 0 Å². The van der Waals surface area contributed by atoms with Crippen molar-refractivity contribution in [3.05, 3.63) is 0 Å². The Balaban J connectivity index is 3.93. The summed E-state index contributed by atoms with van der Waals surface area (Å²) in [5, 5.41) is 17.8. The van der Waals surface area contributed by atoms with Gasteiger partial charge in [0.25, 0.3) is 0 Å². The number of nitrogens with zero attached hydrogens (tertiary/aromatic N) is 1. The highest BCUT2D eigenvalue weighted by Crippen LogP contribution is 2.13. The van der Waals surface area contributed by atoms with Crippen molar-refractivity contribution in [1.29, 1.82) is 0 Å². The molecule has 0 saturated heterocycles. The maximum absolute atomic E-state index is 11.6. The maximum atomic E-state index is 11.6. The summed E-state index contributed by atoms with van der Waals surface area (Å²) >= 11 is 0. The molecule has 0 aliphatic carbocycles. The quantitative estimate of drug-likeness (QED) is 0.438. The summed E-state index contributed by atoms with van der Waals surface area (Å²) < 4.78 is 21.6. The Bertz CT molecular complexity index is 354. The van der Waals surface area contributed by atoms with E-state index in [1.165, 1.54) is 0 Å². The van der Waals surface area contributed by atoms with Gasteiger partial charge in [-0.1, -0.05) is 6.92 Å². The molecule has 0 radical (unpaired) electrons. The molecular formula is C18H37NO7. The first-order valence-corrected chi connectivity index (χ1v) is 9.24. The van der Waals surface area contributed by atoms with Gasteiger partial charge < -0.3 is 29.2 Å². The SMILES string of the molecule is CCC(COC(C)COC(=O)OCCN(CCO)CCO)OC(C)(C)C. The zero-order chi connectivity index (χ0) is 20.0. The molecule has 8 heteroatoms. The van der Waals surface area contributed by atoms with Crippen LogP contribution in [0, 0.1) is 0 Å². The van der Waals surface area contributed by atoms with E-state index in [1.807, 2.05) is 34.6 Å². The fourth-order valence-corrected chi connectivity index (χ4v) is 2.16. The third-order valence-electron chi connectivity index (χ3n) is 3.44. The van der Waals surface area contributed by atoms with Crippen LogP contribution in [0.4, 0.5) is 4.79 Å². The zero-order valence-electron chi connectivity index (χ0n) is 16.9. The highest BCUT2D eigenvalue weighted by Gasteiger charge is 2.19. The number of carbonyl (C=O) groups is 1. The predicted octanol–water partition coefficient (Wildman–Crippen LogP) is 1.43. The number of hydrogen-bond donors (Lipinski definition) is 2. The predicted molar refractivity (Wildman–Crippen MR) is 98.2 cm³/mol. The van der Waals surface area contributed by atoms with Crippen molar-refractivity contribution < 1.29 is 34.0 Å². The van der Waals surface area contributed by atoms with Gasteiger partial charge in [-0.15, -0.1) is 0 Å². The number of aliphatic hydroxyl groups is 2. The average Bonchev–Trinajstić information content (AvgIpc) is 2.56. The van der Waals surface area contributed by atoms with Crippen LogP contribution >= 0.6 is 0 Å². The van der Waals surface area contributed by atoms with Crippen molar-refractivity contribution in [2.24, 2.45) is 0 Å². The summed E-state index contributed by atoms with van der Waals surface area (Å²) in [5.74, 6) is 0. The van der Waals surface area contributed by atoms with E-state index in [1.54, 1.807) is 4.90 Å². The van der Waals surface area contributed by atoms with Crippen LogP contribution in [0.15, 0.2) is 0 Å². The molecule has 0 fully saturated rings. The molecule has 0 saturated carbocycles. The Morgan fingerprint density at radius 1 is 1.04 bits per heavy atom. The minimum absolute atomic E-state index is 0.00608. The summed E-state index contributed by atoms with van der Waals surface area (Å²) in [6, 6.07) is 0. The normalized spacial score (nSPS) is 14.3. The van der Waals surface area contributed by atoms with Gasteiger partial charge in [-0.25, -0.2) is 4.79 Å². The minimum Gasteiger partial charge on any atom is -0.433 e. The molecule has 0 aromatic heterocycles. The van der Waals surface area contributed by atoms with Crippen molar-refractivity contribution >= 4 is 6.16 Å². The van der Waals surface area contributed by atoms with Gasteiger partial charge in [-0.05, 0) is 34.1 Å². The fraction of sp³-hybridized carbons (Fsp3) is 0.944. The van der Waals surface area contributed by atoms with Crippen LogP contribution in [0.2, 0.25) is 0 Å². The van der Waals surface area contributed by atoms with Crippen LogP contribution in [0.5, 0.6) is 0 Å². The summed E-state index contributed by atoms with van der Waals surface area (Å²) in [5.41, 5.74) is -0.229. The number of rotatable bonds is 14. The van der Waals surface area contributed by atoms with Crippen LogP contribution in [-0.4, -0.2) is 91.7 Å². The van der Waals surface area contributed by atoms with E-state index >= 15 is 0 Å². The van der Waals surface area contributed by atoms with E-state index in [0.29, 0.717) is 26.2 Å². The largest absolute Gasteiger partial charge is 0.508 e. The molecule has 0 aliphatic rings. The van der Waals surface area contributed by atoms with Crippen LogP contribution in [0.1, 0.15) is 41.0 Å². The van der Waals surface area contributed by atoms with Gasteiger partial charge in [0.05, 0.1) is 37.6 Å². The van der Waals surface area contributed by atoms with Crippen molar-refractivity contribution in [3.8, 4) is 0 Å². The van der Waals surface area contributed by atoms with E-state index in [-0.39, 0.29) is 44.2 Å². The monoisotopic (exact) mass is 379 g/mol. The first-order chi connectivity index (χ1) is 12.2. The zero-order valence-corrected chi connectivity index (χ0v) is 16.9. The lowest BCUT2D eigenvalue weighted by Crippen LogP contribution is -2.34. The van der Waals surface area contributed by atoms with Crippen molar-refractivity contribution in [2.45, 2.75) is 58.8 Å². The lowest BCUT2D eigenvalue weighted by Gasteiger charge is -2.27. The van der Waals surface area contributed by atoms with Crippen LogP contribution in [-0.2, 0) is 18.9 Å². The highest BCUT2D eigenvalue weighted by atomic mass is 16.7. The van der Waals surface area contributed by atoms with E-state index in [0.717, 1.165) is 6.42 Å². The molecule has 156 valence electrons. The molecule has 0 rings (SSSR count). The van der Waals surface area contributed by atoms with E-state index < -0.39 is 6.16 Å².